The monoisotopic (exact) mass is 544 g/mol. The average molecular weight is 545 g/mol. The minimum absolute atomic E-state index is 0.0337. The first-order valence-electron chi connectivity index (χ1n) is 11.1. The van der Waals surface area contributed by atoms with Gasteiger partial charge in [0, 0.05) is 23.0 Å². The number of pyridine rings is 1. The van der Waals surface area contributed by atoms with Crippen molar-refractivity contribution in [2.45, 2.75) is 19.3 Å². The number of nitrogens with zero attached hydrogens (tertiary/aromatic N) is 5. The Bertz CT molecular complexity index is 1650. The number of nitrogens with one attached hydrogen (secondary N) is 1. The fourth-order valence-electron chi connectivity index (χ4n) is 3.75. The fraction of sp³-hybridized carbons (Fsp3) is 0.120. The smallest absolute Gasteiger partial charge is 0.406 e. The molecule has 1 N–H and O–H groups in total. The Balaban J connectivity index is 1.50. The van der Waals surface area contributed by atoms with Gasteiger partial charge in [0.2, 0.25) is 11.9 Å². The summed E-state index contributed by atoms with van der Waals surface area (Å²) in [6, 6.07) is 16.0. The first-order chi connectivity index (χ1) is 18.1. The molecule has 0 atom stereocenters. The lowest BCUT2D eigenvalue weighted by Crippen LogP contribution is -2.23. The molecule has 0 bridgehead atoms. The number of ether oxygens (including phenoxy) is 1. The number of alkyl halides is 3. The minimum atomic E-state index is -4.55. The minimum Gasteiger partial charge on any atom is -0.457 e. The number of benzene rings is 2. The number of halogens is 5. The second-order valence-electron chi connectivity index (χ2n) is 8.18. The Kier molecular flexibility index (Phi) is 6.72. The molecule has 3 heterocycles. The summed E-state index contributed by atoms with van der Waals surface area (Å²) in [7, 11) is 0. The molecule has 13 heteroatoms. The summed E-state index contributed by atoms with van der Waals surface area (Å²) in [5, 5.41) is 3.54. The number of aromatic nitrogens is 5. The van der Waals surface area contributed by atoms with Crippen molar-refractivity contribution < 1.29 is 22.3 Å². The molecule has 194 valence electrons. The van der Waals surface area contributed by atoms with E-state index >= 15 is 0 Å². The van der Waals surface area contributed by atoms with E-state index in [4.69, 9.17) is 16.3 Å². The molecule has 0 aliphatic rings. The number of hydrogen-bond acceptors (Lipinski definition) is 6. The lowest BCUT2D eigenvalue weighted by Gasteiger charge is -2.16. The number of anilines is 2. The molecule has 0 saturated heterocycles. The summed E-state index contributed by atoms with van der Waals surface area (Å²) in [5.74, 6) is 0.0590. The summed E-state index contributed by atoms with van der Waals surface area (Å²) < 4.78 is 60.4. The quantitative estimate of drug-likeness (QED) is 0.202. The van der Waals surface area contributed by atoms with Gasteiger partial charge in [-0.25, -0.2) is 9.97 Å². The molecule has 0 aliphatic carbocycles. The van der Waals surface area contributed by atoms with Gasteiger partial charge in [-0.3, -0.25) is 9.36 Å². The molecule has 8 nitrogen and oxygen atoms in total. The van der Waals surface area contributed by atoms with Crippen LogP contribution in [0.1, 0.15) is 5.56 Å². The lowest BCUT2D eigenvalue weighted by molar-refractivity contribution is -0.140. The van der Waals surface area contributed by atoms with Crippen molar-refractivity contribution in [3.8, 4) is 11.5 Å². The zero-order valence-electron chi connectivity index (χ0n) is 19.3. The summed E-state index contributed by atoms with van der Waals surface area (Å²) in [5.41, 5.74) is 0.157. The molecule has 38 heavy (non-hydrogen) atoms. The Labute approximate surface area is 217 Å². The highest BCUT2D eigenvalue weighted by Crippen LogP contribution is 2.26. The van der Waals surface area contributed by atoms with E-state index in [-0.39, 0.29) is 29.4 Å². The van der Waals surface area contributed by atoms with E-state index in [0.29, 0.717) is 16.5 Å². The molecule has 0 spiro atoms. The van der Waals surface area contributed by atoms with Crippen molar-refractivity contribution in [2.75, 3.05) is 5.32 Å². The molecule has 3 aromatic heterocycles. The molecule has 0 unspecified atom stereocenters. The van der Waals surface area contributed by atoms with Gasteiger partial charge in [0.1, 0.15) is 18.0 Å². The van der Waals surface area contributed by atoms with Gasteiger partial charge < -0.3 is 14.6 Å². The molecule has 0 amide bonds. The van der Waals surface area contributed by atoms with Gasteiger partial charge in [-0.1, -0.05) is 23.7 Å². The van der Waals surface area contributed by atoms with E-state index in [1.807, 2.05) is 0 Å². The number of hydrogen-bond donors (Lipinski definition) is 1. The SMILES string of the molecule is O=c1nc(Nc2ccc(Oc3ccnc(F)c3)cc2)n(Cc2ccc(Cl)cc2)c2ncn(CC(F)(F)F)c12. The molecule has 5 aromatic rings. The van der Waals surface area contributed by atoms with Crippen LogP contribution in [0.15, 0.2) is 78.0 Å². The van der Waals surface area contributed by atoms with Crippen LogP contribution in [0, 0.1) is 5.95 Å². The highest BCUT2D eigenvalue weighted by atomic mass is 35.5. The lowest BCUT2D eigenvalue weighted by atomic mass is 10.2. The zero-order chi connectivity index (χ0) is 26.9. The predicted molar refractivity (Wildman–Crippen MR) is 132 cm³/mol. The largest absolute Gasteiger partial charge is 0.457 e. The zero-order valence-corrected chi connectivity index (χ0v) is 20.0. The van der Waals surface area contributed by atoms with E-state index in [0.717, 1.165) is 22.5 Å². The van der Waals surface area contributed by atoms with Crippen LogP contribution in [-0.2, 0) is 13.1 Å². The summed E-state index contributed by atoms with van der Waals surface area (Å²) in [4.78, 5) is 24.4. The van der Waals surface area contributed by atoms with Gasteiger partial charge in [-0.15, -0.1) is 0 Å². The molecular formula is C25H17ClF4N6O2. The van der Waals surface area contributed by atoms with Crippen molar-refractivity contribution in [3.05, 3.63) is 100 Å². The van der Waals surface area contributed by atoms with Crippen LogP contribution in [0.2, 0.25) is 5.02 Å². The summed E-state index contributed by atoms with van der Waals surface area (Å²) >= 11 is 5.98. The Morgan fingerprint density at radius 1 is 0.974 bits per heavy atom. The van der Waals surface area contributed by atoms with E-state index in [1.165, 1.54) is 16.8 Å². The van der Waals surface area contributed by atoms with Crippen molar-refractivity contribution >= 4 is 34.4 Å². The molecule has 0 saturated carbocycles. The van der Waals surface area contributed by atoms with E-state index in [9.17, 15) is 22.4 Å². The van der Waals surface area contributed by atoms with Crippen LogP contribution in [-0.4, -0.2) is 30.3 Å². The maximum Gasteiger partial charge on any atom is 0.406 e. The average Bonchev–Trinajstić information content (AvgIpc) is 3.26. The maximum atomic E-state index is 13.3. The van der Waals surface area contributed by atoms with Crippen molar-refractivity contribution in [2.24, 2.45) is 0 Å². The molecule has 0 radical (unpaired) electrons. The van der Waals surface area contributed by atoms with Gasteiger partial charge in [-0.2, -0.15) is 22.5 Å². The van der Waals surface area contributed by atoms with Crippen LogP contribution >= 0.6 is 11.6 Å². The van der Waals surface area contributed by atoms with Gasteiger partial charge in [0.15, 0.2) is 11.2 Å². The predicted octanol–water partition coefficient (Wildman–Crippen LogP) is 5.93. The van der Waals surface area contributed by atoms with Crippen LogP contribution in [0.4, 0.5) is 29.2 Å². The first kappa shape index (κ1) is 25.2. The van der Waals surface area contributed by atoms with Crippen LogP contribution in [0.5, 0.6) is 11.5 Å². The molecule has 0 aliphatic heterocycles. The van der Waals surface area contributed by atoms with E-state index in [2.05, 4.69) is 20.3 Å². The maximum absolute atomic E-state index is 13.3. The molecule has 5 rings (SSSR count). The van der Waals surface area contributed by atoms with Crippen molar-refractivity contribution in [1.82, 2.24) is 24.1 Å². The highest BCUT2D eigenvalue weighted by molar-refractivity contribution is 6.30. The second kappa shape index (κ2) is 10.1. The fourth-order valence-corrected chi connectivity index (χ4v) is 3.87. The van der Waals surface area contributed by atoms with Crippen LogP contribution in [0.3, 0.4) is 0 Å². The standard InChI is InChI=1S/C25H17ClF4N6O2/c26-16-3-1-15(2-4-16)12-36-22-21(35(14-32-22)13-25(28,29)30)23(37)34-24(36)33-17-5-7-18(8-6-17)38-19-9-10-31-20(27)11-19/h1-11,14H,12-13H2,(H,33,34,37). The summed E-state index contributed by atoms with van der Waals surface area (Å²) in [6.07, 6.45) is -2.31. The Morgan fingerprint density at radius 2 is 1.71 bits per heavy atom. The third kappa shape index (κ3) is 5.75. The number of rotatable bonds is 7. The van der Waals surface area contributed by atoms with Gasteiger partial charge in [0.05, 0.1) is 12.9 Å². The van der Waals surface area contributed by atoms with E-state index in [1.54, 1.807) is 48.5 Å². The van der Waals surface area contributed by atoms with Crippen LogP contribution < -0.4 is 15.6 Å². The highest BCUT2D eigenvalue weighted by Gasteiger charge is 2.30. The van der Waals surface area contributed by atoms with Gasteiger partial charge >= 0.3 is 11.7 Å². The van der Waals surface area contributed by atoms with Gasteiger partial charge in [-0.05, 0) is 48.0 Å². The normalized spacial score (nSPS) is 11.6. The molecule has 2 aromatic carbocycles. The van der Waals surface area contributed by atoms with E-state index < -0.39 is 24.2 Å². The molecule has 0 fully saturated rings. The second-order valence-corrected chi connectivity index (χ2v) is 8.62. The Morgan fingerprint density at radius 3 is 2.39 bits per heavy atom. The summed E-state index contributed by atoms with van der Waals surface area (Å²) in [6.45, 7) is -1.24. The van der Waals surface area contributed by atoms with Crippen molar-refractivity contribution in [1.29, 1.82) is 0 Å². The first-order valence-corrected chi connectivity index (χ1v) is 11.5. The Hall–Kier alpha value is -4.45. The topological polar surface area (TPSA) is 86.9 Å². The van der Waals surface area contributed by atoms with Crippen LogP contribution in [0.25, 0.3) is 11.2 Å². The third-order valence-corrected chi connectivity index (χ3v) is 5.64. The van der Waals surface area contributed by atoms with Gasteiger partial charge in [0.25, 0.3) is 0 Å². The van der Waals surface area contributed by atoms with Crippen molar-refractivity contribution in [3.63, 3.8) is 0 Å². The number of imidazole rings is 1. The third-order valence-electron chi connectivity index (χ3n) is 5.39. The molecular weight excluding hydrogens is 528 g/mol. The number of fused-ring (bicyclic) bond motifs is 1.